The maximum absolute atomic E-state index is 12.9. The van der Waals surface area contributed by atoms with E-state index >= 15 is 0 Å². The van der Waals surface area contributed by atoms with Crippen LogP contribution < -0.4 is 0 Å². The van der Waals surface area contributed by atoms with Crippen molar-refractivity contribution in [2.24, 2.45) is 0 Å². The molecule has 17 heavy (non-hydrogen) atoms. The smallest absolute Gasteiger partial charge is 0.357 e. The number of ether oxygens (including phenoxy) is 1. The monoisotopic (exact) mass is 231 g/mol. The average molecular weight is 231 g/mol. The molecule has 0 aliphatic heterocycles. The van der Waals surface area contributed by atoms with E-state index in [4.69, 9.17) is 4.74 Å². The number of pyridine rings is 1. The number of aromatic nitrogens is 1. The van der Waals surface area contributed by atoms with Crippen molar-refractivity contribution in [2.75, 3.05) is 0 Å². The minimum absolute atomic E-state index is 0.0349. The lowest BCUT2D eigenvalue weighted by atomic mass is 10.2. The van der Waals surface area contributed by atoms with Gasteiger partial charge in [0, 0.05) is 6.20 Å². The van der Waals surface area contributed by atoms with Crippen molar-refractivity contribution >= 4 is 5.97 Å². The molecule has 86 valence electrons. The molecule has 4 heteroatoms. The van der Waals surface area contributed by atoms with Crippen molar-refractivity contribution in [3.63, 3.8) is 0 Å². The Hall–Kier alpha value is -2.23. The standard InChI is InChI=1S/C13H10FNO2/c14-11-5-3-4-10(8-11)9-17-13(16)12-6-1-2-7-15-12/h1-8H,9H2. The van der Waals surface area contributed by atoms with E-state index in [0.29, 0.717) is 5.56 Å². The highest BCUT2D eigenvalue weighted by molar-refractivity contribution is 5.87. The van der Waals surface area contributed by atoms with Crippen LogP contribution in [0.1, 0.15) is 16.1 Å². The van der Waals surface area contributed by atoms with Gasteiger partial charge in [-0.2, -0.15) is 0 Å². The van der Waals surface area contributed by atoms with E-state index in [-0.39, 0.29) is 18.1 Å². The molecule has 0 spiro atoms. The first kappa shape index (κ1) is 11.3. The summed E-state index contributed by atoms with van der Waals surface area (Å²) in [4.78, 5) is 15.4. The van der Waals surface area contributed by atoms with Gasteiger partial charge >= 0.3 is 5.97 Å². The molecular formula is C13H10FNO2. The van der Waals surface area contributed by atoms with Gasteiger partial charge in [-0.1, -0.05) is 18.2 Å². The van der Waals surface area contributed by atoms with E-state index in [0.717, 1.165) is 0 Å². The molecule has 0 atom stereocenters. The van der Waals surface area contributed by atoms with E-state index in [1.165, 1.54) is 18.3 Å². The Labute approximate surface area is 97.9 Å². The summed E-state index contributed by atoms with van der Waals surface area (Å²) in [5.41, 5.74) is 0.846. The average Bonchev–Trinajstić information content (AvgIpc) is 2.37. The van der Waals surface area contributed by atoms with Crippen LogP contribution in [-0.4, -0.2) is 11.0 Å². The van der Waals surface area contributed by atoms with Gasteiger partial charge in [-0.15, -0.1) is 0 Å². The fraction of sp³-hybridized carbons (Fsp3) is 0.0769. The van der Waals surface area contributed by atoms with Crippen LogP contribution in [0.3, 0.4) is 0 Å². The van der Waals surface area contributed by atoms with Crippen LogP contribution in [0, 0.1) is 5.82 Å². The van der Waals surface area contributed by atoms with Gasteiger partial charge in [-0.25, -0.2) is 14.2 Å². The van der Waals surface area contributed by atoms with E-state index in [1.54, 1.807) is 30.3 Å². The molecule has 0 radical (unpaired) electrons. The number of rotatable bonds is 3. The zero-order valence-corrected chi connectivity index (χ0v) is 8.97. The van der Waals surface area contributed by atoms with Crippen molar-refractivity contribution in [1.29, 1.82) is 0 Å². The summed E-state index contributed by atoms with van der Waals surface area (Å²) in [5.74, 6) is -0.869. The Kier molecular flexibility index (Phi) is 3.45. The lowest BCUT2D eigenvalue weighted by Crippen LogP contribution is -2.06. The summed E-state index contributed by atoms with van der Waals surface area (Å²) in [6, 6.07) is 10.9. The van der Waals surface area contributed by atoms with Crippen molar-refractivity contribution in [2.45, 2.75) is 6.61 Å². The number of esters is 1. The maximum atomic E-state index is 12.9. The lowest BCUT2D eigenvalue weighted by molar-refractivity contribution is 0.0465. The van der Waals surface area contributed by atoms with Crippen LogP contribution >= 0.6 is 0 Å². The molecule has 0 amide bonds. The summed E-state index contributed by atoms with van der Waals surface area (Å²) in [5, 5.41) is 0. The Bertz CT molecular complexity index is 514. The van der Waals surface area contributed by atoms with Crippen molar-refractivity contribution in [3.05, 3.63) is 65.7 Å². The maximum Gasteiger partial charge on any atom is 0.357 e. The molecule has 2 rings (SSSR count). The Morgan fingerprint density at radius 2 is 2.12 bits per heavy atom. The normalized spacial score (nSPS) is 9.94. The minimum Gasteiger partial charge on any atom is -0.456 e. The molecule has 1 aromatic heterocycles. The van der Waals surface area contributed by atoms with Crippen molar-refractivity contribution < 1.29 is 13.9 Å². The molecule has 1 heterocycles. The van der Waals surface area contributed by atoms with Gasteiger partial charge in [0.2, 0.25) is 0 Å². The Morgan fingerprint density at radius 3 is 2.82 bits per heavy atom. The number of hydrogen-bond donors (Lipinski definition) is 0. The number of nitrogens with zero attached hydrogens (tertiary/aromatic N) is 1. The first-order valence-corrected chi connectivity index (χ1v) is 5.08. The van der Waals surface area contributed by atoms with Gasteiger partial charge < -0.3 is 4.74 Å². The number of carbonyl (C=O) groups excluding carboxylic acids is 1. The minimum atomic E-state index is -0.519. The summed E-state index contributed by atoms with van der Waals surface area (Å²) in [7, 11) is 0. The van der Waals surface area contributed by atoms with Crippen molar-refractivity contribution in [3.8, 4) is 0 Å². The second kappa shape index (κ2) is 5.21. The number of carbonyl (C=O) groups is 1. The largest absolute Gasteiger partial charge is 0.456 e. The molecule has 0 N–H and O–H groups in total. The molecule has 3 nitrogen and oxygen atoms in total. The molecular weight excluding hydrogens is 221 g/mol. The van der Waals surface area contributed by atoms with Gasteiger partial charge in [0.15, 0.2) is 0 Å². The van der Waals surface area contributed by atoms with Crippen LogP contribution in [0.2, 0.25) is 0 Å². The fourth-order valence-electron chi connectivity index (χ4n) is 1.33. The topological polar surface area (TPSA) is 39.2 Å². The highest BCUT2D eigenvalue weighted by Crippen LogP contribution is 2.06. The zero-order chi connectivity index (χ0) is 12.1. The molecule has 0 saturated heterocycles. The fourth-order valence-corrected chi connectivity index (χ4v) is 1.33. The van der Waals surface area contributed by atoms with Crippen LogP contribution in [0.4, 0.5) is 4.39 Å². The Balaban J connectivity index is 1.97. The highest BCUT2D eigenvalue weighted by atomic mass is 19.1. The second-order valence-corrected chi connectivity index (χ2v) is 3.42. The van der Waals surface area contributed by atoms with E-state index < -0.39 is 5.97 Å². The predicted octanol–water partition coefficient (Wildman–Crippen LogP) is 2.58. The number of halogens is 1. The third-order valence-corrected chi connectivity index (χ3v) is 2.13. The Morgan fingerprint density at radius 1 is 1.24 bits per heavy atom. The third-order valence-electron chi connectivity index (χ3n) is 2.13. The van der Waals surface area contributed by atoms with Gasteiger partial charge in [-0.3, -0.25) is 0 Å². The summed E-state index contributed by atoms with van der Waals surface area (Å²) < 4.78 is 17.9. The summed E-state index contributed by atoms with van der Waals surface area (Å²) >= 11 is 0. The number of benzene rings is 1. The quantitative estimate of drug-likeness (QED) is 0.762. The van der Waals surface area contributed by atoms with Crippen LogP contribution in [0.25, 0.3) is 0 Å². The molecule has 0 saturated carbocycles. The third kappa shape index (κ3) is 3.11. The van der Waals surface area contributed by atoms with Gasteiger partial charge in [0.25, 0.3) is 0 Å². The first-order valence-electron chi connectivity index (χ1n) is 5.08. The molecule has 0 aliphatic carbocycles. The summed E-state index contributed by atoms with van der Waals surface area (Å²) in [6.07, 6.45) is 1.51. The van der Waals surface area contributed by atoms with Crippen LogP contribution in [0.15, 0.2) is 48.7 Å². The highest BCUT2D eigenvalue weighted by Gasteiger charge is 2.07. The van der Waals surface area contributed by atoms with Gasteiger partial charge in [0.05, 0.1) is 0 Å². The molecule has 0 fully saturated rings. The SMILES string of the molecule is O=C(OCc1cccc(F)c1)c1ccccn1. The second-order valence-electron chi connectivity index (χ2n) is 3.42. The van der Waals surface area contributed by atoms with Gasteiger partial charge in [-0.05, 0) is 29.8 Å². The van der Waals surface area contributed by atoms with Crippen LogP contribution in [0.5, 0.6) is 0 Å². The molecule has 1 aromatic carbocycles. The molecule has 0 aliphatic rings. The molecule has 0 unspecified atom stereocenters. The van der Waals surface area contributed by atoms with E-state index in [1.807, 2.05) is 0 Å². The van der Waals surface area contributed by atoms with E-state index in [2.05, 4.69) is 4.98 Å². The van der Waals surface area contributed by atoms with E-state index in [9.17, 15) is 9.18 Å². The van der Waals surface area contributed by atoms with Gasteiger partial charge in [0.1, 0.15) is 18.1 Å². The zero-order valence-electron chi connectivity index (χ0n) is 8.97. The predicted molar refractivity (Wildman–Crippen MR) is 59.8 cm³/mol. The van der Waals surface area contributed by atoms with Crippen molar-refractivity contribution in [1.82, 2.24) is 4.98 Å². The lowest BCUT2D eigenvalue weighted by Gasteiger charge is -2.04. The first-order chi connectivity index (χ1) is 8.25. The molecule has 0 bridgehead atoms. The summed E-state index contributed by atoms with van der Waals surface area (Å²) in [6.45, 7) is 0.0349. The molecule has 2 aromatic rings. The number of hydrogen-bond acceptors (Lipinski definition) is 3. The van der Waals surface area contributed by atoms with Crippen LogP contribution in [-0.2, 0) is 11.3 Å².